The number of oxazole rings is 1. The van der Waals surface area contributed by atoms with Crippen molar-refractivity contribution in [2.45, 2.75) is 74.0 Å². The van der Waals surface area contributed by atoms with Crippen molar-refractivity contribution in [3.05, 3.63) is 55.0 Å². The molecule has 8 nitrogen and oxygen atoms in total. The van der Waals surface area contributed by atoms with Crippen molar-refractivity contribution in [2.75, 3.05) is 10.6 Å². The maximum absolute atomic E-state index is 11.4. The van der Waals surface area contributed by atoms with Crippen LogP contribution in [0.1, 0.15) is 58.1 Å². The fourth-order valence-electron chi connectivity index (χ4n) is 3.70. The Hall–Kier alpha value is -2.85. The summed E-state index contributed by atoms with van der Waals surface area (Å²) in [6.45, 7) is 9.79. The highest BCUT2D eigenvalue weighted by Crippen LogP contribution is 2.33. The Kier molecular flexibility index (Phi) is 8.12. The van der Waals surface area contributed by atoms with Gasteiger partial charge in [-0.25, -0.2) is 15.0 Å². The molecule has 1 amide bonds. The Morgan fingerprint density at radius 2 is 2.11 bits per heavy atom. The number of thioether (sulfide) groups is 1. The summed E-state index contributed by atoms with van der Waals surface area (Å²) >= 11 is 3.33. The average Bonchev–Trinajstić information content (AvgIpc) is 3.49. The lowest BCUT2D eigenvalue weighted by molar-refractivity contribution is -0.111. The fraction of sp³-hybridized carbons (Fsp3) is 0.440. The average molecular weight is 514 g/mol. The number of thiazole rings is 1. The van der Waals surface area contributed by atoms with E-state index in [1.165, 1.54) is 6.08 Å². The summed E-state index contributed by atoms with van der Waals surface area (Å²) in [6.07, 6.45) is 10.6. The van der Waals surface area contributed by atoms with Gasteiger partial charge in [0.15, 0.2) is 5.13 Å². The minimum atomic E-state index is -0.266. The second kappa shape index (κ2) is 11.3. The summed E-state index contributed by atoms with van der Waals surface area (Å²) in [5.41, 5.74) is 0.571. The summed E-state index contributed by atoms with van der Waals surface area (Å²) in [5.74, 6) is 2.61. The molecule has 186 valence electrons. The van der Waals surface area contributed by atoms with E-state index >= 15 is 0 Å². The van der Waals surface area contributed by atoms with Gasteiger partial charge in [0.2, 0.25) is 17.7 Å². The van der Waals surface area contributed by atoms with Crippen LogP contribution in [0.4, 0.5) is 10.8 Å². The zero-order valence-corrected chi connectivity index (χ0v) is 21.9. The van der Waals surface area contributed by atoms with E-state index in [4.69, 9.17) is 9.15 Å². The molecule has 1 saturated carbocycles. The molecule has 0 aliphatic heterocycles. The van der Waals surface area contributed by atoms with Crippen LogP contribution in [-0.2, 0) is 16.0 Å². The van der Waals surface area contributed by atoms with Crippen LogP contribution in [0.5, 0.6) is 5.88 Å². The Labute approximate surface area is 214 Å². The molecule has 1 aliphatic carbocycles. The van der Waals surface area contributed by atoms with E-state index in [0.717, 1.165) is 46.7 Å². The third-order valence-electron chi connectivity index (χ3n) is 5.55. The highest BCUT2D eigenvalue weighted by Gasteiger charge is 2.24. The van der Waals surface area contributed by atoms with Gasteiger partial charge in [0.1, 0.15) is 11.9 Å². The van der Waals surface area contributed by atoms with Crippen LogP contribution in [0.25, 0.3) is 0 Å². The molecular formula is C25H31N5O3S2. The van der Waals surface area contributed by atoms with Crippen LogP contribution in [0.15, 0.2) is 52.0 Å². The highest BCUT2D eigenvalue weighted by atomic mass is 32.2. The summed E-state index contributed by atoms with van der Waals surface area (Å²) in [6, 6.07) is 3.85. The third-order valence-corrected chi connectivity index (χ3v) is 7.65. The molecule has 0 bridgehead atoms. The number of nitrogens with zero attached hydrogens (tertiary/aromatic N) is 3. The molecule has 10 heteroatoms. The van der Waals surface area contributed by atoms with E-state index in [1.807, 2.05) is 12.4 Å². The molecule has 1 fully saturated rings. The molecule has 3 heterocycles. The van der Waals surface area contributed by atoms with Crippen LogP contribution in [-0.4, -0.2) is 33.0 Å². The lowest BCUT2D eigenvalue weighted by Gasteiger charge is -2.29. The maximum atomic E-state index is 11.4. The molecule has 0 radical (unpaired) electrons. The minimum absolute atomic E-state index is 0.0400. The zero-order valence-electron chi connectivity index (χ0n) is 20.2. The van der Waals surface area contributed by atoms with Crippen LogP contribution < -0.4 is 15.4 Å². The number of rotatable bonds is 9. The second-order valence-corrected chi connectivity index (χ2v) is 11.8. The summed E-state index contributed by atoms with van der Waals surface area (Å²) in [5, 5.41) is 7.17. The molecule has 4 rings (SSSR count). The van der Waals surface area contributed by atoms with Gasteiger partial charge in [0, 0.05) is 23.9 Å². The van der Waals surface area contributed by atoms with E-state index in [2.05, 4.69) is 52.9 Å². The van der Waals surface area contributed by atoms with Crippen molar-refractivity contribution < 1.29 is 13.9 Å². The molecule has 0 saturated heterocycles. The predicted molar refractivity (Wildman–Crippen MR) is 140 cm³/mol. The predicted octanol–water partition coefficient (Wildman–Crippen LogP) is 6.04. The number of carbonyl (C=O) groups excluding carboxylic acids is 1. The standard InChI is InChI=1S/C25H31N5O3S2/c1-5-20(31)29-17-9-10-21(26-12-17)32-18-8-6-7-16(11-18)30-24-28-14-23(35-24)34-15-22-27-13-19(33-22)25(2,3)4/h5,9-10,12-14,16,18H,1,6-8,11,15H2,2-4H3,(H,28,30)(H,29,31). The molecule has 2 atom stereocenters. The molecule has 1 aliphatic rings. The van der Waals surface area contributed by atoms with Gasteiger partial charge < -0.3 is 19.8 Å². The van der Waals surface area contributed by atoms with Gasteiger partial charge in [-0.2, -0.15) is 0 Å². The Morgan fingerprint density at radius 1 is 1.26 bits per heavy atom. The Morgan fingerprint density at radius 3 is 2.83 bits per heavy atom. The van der Waals surface area contributed by atoms with Crippen LogP contribution >= 0.6 is 23.1 Å². The van der Waals surface area contributed by atoms with Crippen molar-refractivity contribution in [1.82, 2.24) is 15.0 Å². The Balaban J connectivity index is 1.25. The number of carbonyl (C=O) groups is 1. The number of hydrogen-bond acceptors (Lipinski definition) is 9. The van der Waals surface area contributed by atoms with Gasteiger partial charge in [-0.3, -0.25) is 4.79 Å². The number of anilines is 2. The Bertz CT molecular complexity index is 1140. The first kappa shape index (κ1) is 25.2. The van der Waals surface area contributed by atoms with Gasteiger partial charge in [0.05, 0.1) is 34.2 Å². The molecule has 3 aromatic heterocycles. The lowest BCUT2D eigenvalue weighted by Crippen LogP contribution is -2.33. The van der Waals surface area contributed by atoms with E-state index in [-0.39, 0.29) is 17.4 Å². The molecular weight excluding hydrogens is 482 g/mol. The number of aromatic nitrogens is 3. The maximum Gasteiger partial charge on any atom is 0.247 e. The molecule has 35 heavy (non-hydrogen) atoms. The van der Waals surface area contributed by atoms with Crippen LogP contribution in [0.2, 0.25) is 0 Å². The number of ether oxygens (including phenoxy) is 1. The van der Waals surface area contributed by atoms with Crippen LogP contribution in [0.3, 0.4) is 0 Å². The fourth-order valence-corrected chi connectivity index (χ4v) is 5.50. The van der Waals surface area contributed by atoms with Gasteiger partial charge in [-0.1, -0.05) is 38.7 Å². The highest BCUT2D eigenvalue weighted by molar-refractivity contribution is 8.00. The van der Waals surface area contributed by atoms with E-state index in [1.54, 1.807) is 41.4 Å². The first-order chi connectivity index (χ1) is 16.8. The monoisotopic (exact) mass is 513 g/mol. The molecule has 0 aromatic carbocycles. The second-order valence-electron chi connectivity index (χ2n) is 9.47. The van der Waals surface area contributed by atoms with Gasteiger partial charge >= 0.3 is 0 Å². The molecule has 2 N–H and O–H groups in total. The normalized spacial score (nSPS) is 18.1. The minimum Gasteiger partial charge on any atom is -0.474 e. The quantitative estimate of drug-likeness (QED) is 0.264. The number of hydrogen-bond donors (Lipinski definition) is 2. The SMILES string of the molecule is C=CC(=O)Nc1ccc(OC2CCCC(Nc3ncc(SCc4ncc(C(C)(C)C)o4)s3)C2)nc1. The summed E-state index contributed by atoms with van der Waals surface area (Å²) in [4.78, 5) is 24.7. The smallest absolute Gasteiger partial charge is 0.247 e. The van der Waals surface area contributed by atoms with Crippen molar-refractivity contribution >= 4 is 39.8 Å². The van der Waals surface area contributed by atoms with Crippen molar-refractivity contribution in [3.63, 3.8) is 0 Å². The van der Waals surface area contributed by atoms with Crippen molar-refractivity contribution in [1.29, 1.82) is 0 Å². The first-order valence-corrected chi connectivity index (χ1v) is 13.4. The molecule has 2 unspecified atom stereocenters. The third kappa shape index (κ3) is 7.32. The van der Waals surface area contributed by atoms with E-state index in [9.17, 15) is 4.79 Å². The molecule has 0 spiro atoms. The number of nitrogens with one attached hydrogen (secondary N) is 2. The zero-order chi connectivity index (χ0) is 24.8. The van der Waals surface area contributed by atoms with E-state index in [0.29, 0.717) is 23.4 Å². The summed E-state index contributed by atoms with van der Waals surface area (Å²) in [7, 11) is 0. The van der Waals surface area contributed by atoms with Crippen LogP contribution in [0, 0.1) is 0 Å². The first-order valence-electron chi connectivity index (χ1n) is 11.6. The van der Waals surface area contributed by atoms with Crippen molar-refractivity contribution in [3.8, 4) is 5.88 Å². The number of amides is 1. The van der Waals surface area contributed by atoms with E-state index < -0.39 is 0 Å². The van der Waals surface area contributed by atoms with Gasteiger partial charge in [-0.15, -0.1) is 11.8 Å². The van der Waals surface area contributed by atoms with Gasteiger partial charge in [0.25, 0.3) is 0 Å². The van der Waals surface area contributed by atoms with Crippen molar-refractivity contribution in [2.24, 2.45) is 0 Å². The number of pyridine rings is 1. The largest absolute Gasteiger partial charge is 0.474 e. The lowest BCUT2D eigenvalue weighted by atomic mass is 9.93. The van der Waals surface area contributed by atoms with Gasteiger partial charge in [-0.05, 0) is 31.4 Å². The summed E-state index contributed by atoms with van der Waals surface area (Å²) < 4.78 is 13.1. The molecule has 3 aromatic rings. The topological polar surface area (TPSA) is 102 Å².